The largest absolute Gasteiger partial charge is 0.321 e. The van der Waals surface area contributed by atoms with Crippen LogP contribution in [0.3, 0.4) is 0 Å². The molecule has 4 aromatic carbocycles. The van der Waals surface area contributed by atoms with Crippen LogP contribution in [-0.4, -0.2) is 23.4 Å². The highest BCUT2D eigenvalue weighted by Crippen LogP contribution is 2.37. The van der Waals surface area contributed by atoms with Gasteiger partial charge in [-0.2, -0.15) is 0 Å². The Morgan fingerprint density at radius 2 is 0.947 bits per heavy atom. The number of rotatable bonds is 4. The standard InChI is InChI=1S/C28H14F4N2O4/c29-13-5-7-17(19(31)11-13)27(37)33-21-9-10-22(34-28(38)18-8-6-14(30)12-20(18)32)24-23(21)25(35)15-3-1-2-4-16(15)26(24)36/h1-12H,(H,33,37)(H,34,38). The van der Waals surface area contributed by atoms with Gasteiger partial charge in [0.25, 0.3) is 11.8 Å². The number of nitrogens with one attached hydrogen (secondary N) is 2. The molecule has 0 bridgehead atoms. The van der Waals surface area contributed by atoms with Crippen LogP contribution in [0.15, 0.2) is 72.8 Å². The molecule has 0 radical (unpaired) electrons. The van der Waals surface area contributed by atoms with Gasteiger partial charge in [-0.05, 0) is 36.4 Å². The van der Waals surface area contributed by atoms with Crippen LogP contribution in [0.25, 0.3) is 0 Å². The number of hydrogen-bond acceptors (Lipinski definition) is 4. The van der Waals surface area contributed by atoms with Gasteiger partial charge in [0, 0.05) is 23.3 Å². The topological polar surface area (TPSA) is 92.3 Å². The lowest BCUT2D eigenvalue weighted by Gasteiger charge is -2.23. The molecule has 0 heterocycles. The van der Waals surface area contributed by atoms with Crippen LogP contribution in [0.5, 0.6) is 0 Å². The molecule has 5 rings (SSSR count). The fraction of sp³-hybridized carbons (Fsp3) is 0. The van der Waals surface area contributed by atoms with Crippen LogP contribution in [-0.2, 0) is 0 Å². The molecule has 0 fully saturated rings. The van der Waals surface area contributed by atoms with E-state index in [1.165, 1.54) is 36.4 Å². The first-order chi connectivity index (χ1) is 18.2. The summed E-state index contributed by atoms with van der Waals surface area (Å²) in [7, 11) is 0. The third-order valence-corrected chi connectivity index (χ3v) is 5.92. The summed E-state index contributed by atoms with van der Waals surface area (Å²) in [6.07, 6.45) is 0. The van der Waals surface area contributed by atoms with Crippen LogP contribution in [0.4, 0.5) is 28.9 Å². The minimum atomic E-state index is -1.14. The van der Waals surface area contributed by atoms with Gasteiger partial charge in [0.15, 0.2) is 11.6 Å². The van der Waals surface area contributed by atoms with E-state index in [1.807, 2.05) is 0 Å². The van der Waals surface area contributed by atoms with E-state index in [0.717, 1.165) is 24.3 Å². The van der Waals surface area contributed by atoms with E-state index in [4.69, 9.17) is 0 Å². The average Bonchev–Trinajstić information content (AvgIpc) is 2.87. The molecule has 1 aliphatic carbocycles. The first-order valence-electron chi connectivity index (χ1n) is 11.0. The lowest BCUT2D eigenvalue weighted by atomic mass is 9.82. The summed E-state index contributed by atoms with van der Waals surface area (Å²) < 4.78 is 54.9. The second-order valence-electron chi connectivity index (χ2n) is 8.27. The van der Waals surface area contributed by atoms with Crippen molar-refractivity contribution in [2.24, 2.45) is 0 Å². The van der Waals surface area contributed by atoms with Crippen LogP contribution < -0.4 is 10.6 Å². The smallest absolute Gasteiger partial charge is 0.258 e. The zero-order valence-corrected chi connectivity index (χ0v) is 19.1. The summed E-state index contributed by atoms with van der Waals surface area (Å²) in [5, 5.41) is 4.73. The highest BCUT2D eigenvalue weighted by atomic mass is 19.1. The van der Waals surface area contributed by atoms with Crippen molar-refractivity contribution in [1.82, 2.24) is 0 Å². The number of halogens is 4. The second-order valence-corrected chi connectivity index (χ2v) is 8.27. The Morgan fingerprint density at radius 1 is 0.553 bits per heavy atom. The minimum Gasteiger partial charge on any atom is -0.321 e. The number of fused-ring (bicyclic) bond motifs is 2. The Labute approximate surface area is 211 Å². The maximum Gasteiger partial charge on any atom is 0.258 e. The third kappa shape index (κ3) is 4.21. The zero-order chi connectivity index (χ0) is 27.1. The first kappa shape index (κ1) is 24.6. The molecule has 2 N–H and O–H groups in total. The molecular weight excluding hydrogens is 504 g/mol. The van der Waals surface area contributed by atoms with Crippen molar-refractivity contribution in [1.29, 1.82) is 0 Å². The molecule has 2 amide bonds. The van der Waals surface area contributed by atoms with Crippen molar-refractivity contribution in [3.63, 3.8) is 0 Å². The quantitative estimate of drug-likeness (QED) is 0.307. The highest BCUT2D eigenvalue weighted by Gasteiger charge is 2.35. The number of carbonyl (C=O) groups is 4. The summed E-state index contributed by atoms with van der Waals surface area (Å²) in [6.45, 7) is 0. The molecule has 6 nitrogen and oxygen atoms in total. The van der Waals surface area contributed by atoms with Crippen molar-refractivity contribution in [2.75, 3.05) is 10.6 Å². The fourth-order valence-electron chi connectivity index (χ4n) is 4.16. The van der Waals surface area contributed by atoms with Gasteiger partial charge in [0.1, 0.15) is 23.3 Å². The normalized spacial score (nSPS) is 12.0. The maximum absolute atomic E-state index is 14.2. The Kier molecular flexibility index (Phi) is 6.08. The van der Waals surface area contributed by atoms with Gasteiger partial charge >= 0.3 is 0 Å². The van der Waals surface area contributed by atoms with E-state index in [-0.39, 0.29) is 33.6 Å². The fourth-order valence-corrected chi connectivity index (χ4v) is 4.16. The number of ketones is 2. The van der Waals surface area contributed by atoms with E-state index in [0.29, 0.717) is 12.1 Å². The van der Waals surface area contributed by atoms with E-state index in [1.54, 1.807) is 0 Å². The summed E-state index contributed by atoms with van der Waals surface area (Å²) in [6, 6.07) is 12.9. The van der Waals surface area contributed by atoms with Gasteiger partial charge < -0.3 is 10.6 Å². The Morgan fingerprint density at radius 3 is 1.32 bits per heavy atom. The number of hydrogen-bond donors (Lipinski definition) is 2. The maximum atomic E-state index is 14.2. The van der Waals surface area contributed by atoms with Crippen molar-refractivity contribution < 1.29 is 36.7 Å². The molecule has 10 heteroatoms. The van der Waals surface area contributed by atoms with Crippen LogP contribution in [0.1, 0.15) is 52.6 Å². The van der Waals surface area contributed by atoms with E-state index >= 15 is 0 Å². The third-order valence-electron chi connectivity index (χ3n) is 5.92. The van der Waals surface area contributed by atoms with Gasteiger partial charge in [0.2, 0.25) is 0 Å². The minimum absolute atomic E-state index is 0.0292. The van der Waals surface area contributed by atoms with Gasteiger partial charge in [-0.3, -0.25) is 19.2 Å². The van der Waals surface area contributed by atoms with Crippen molar-refractivity contribution in [2.45, 2.75) is 0 Å². The van der Waals surface area contributed by atoms with Crippen LogP contribution in [0.2, 0.25) is 0 Å². The molecule has 0 saturated carbocycles. The van der Waals surface area contributed by atoms with Gasteiger partial charge in [-0.15, -0.1) is 0 Å². The zero-order valence-electron chi connectivity index (χ0n) is 19.1. The van der Waals surface area contributed by atoms with Gasteiger partial charge in [0.05, 0.1) is 33.6 Å². The summed E-state index contributed by atoms with van der Waals surface area (Å²) in [4.78, 5) is 52.5. The lowest BCUT2D eigenvalue weighted by molar-refractivity contribution is 0.0977. The number of anilines is 2. The lowest BCUT2D eigenvalue weighted by Crippen LogP contribution is -2.26. The van der Waals surface area contributed by atoms with Crippen molar-refractivity contribution in [3.8, 4) is 0 Å². The number of carbonyl (C=O) groups excluding carboxylic acids is 4. The van der Waals surface area contributed by atoms with Crippen LogP contribution in [0, 0.1) is 23.3 Å². The van der Waals surface area contributed by atoms with Gasteiger partial charge in [-0.25, -0.2) is 17.6 Å². The molecule has 1 aliphatic rings. The molecule has 0 aromatic heterocycles. The molecule has 188 valence electrons. The highest BCUT2D eigenvalue weighted by molar-refractivity contribution is 6.33. The van der Waals surface area contributed by atoms with E-state index < -0.39 is 57.8 Å². The molecule has 0 spiro atoms. The molecule has 0 unspecified atom stereocenters. The Hall–Kier alpha value is -5.12. The molecule has 4 aromatic rings. The summed E-state index contributed by atoms with van der Waals surface area (Å²) in [5.74, 6) is -7.46. The monoisotopic (exact) mass is 518 g/mol. The number of amides is 2. The summed E-state index contributed by atoms with van der Waals surface area (Å²) in [5.41, 5.74) is -1.90. The summed E-state index contributed by atoms with van der Waals surface area (Å²) >= 11 is 0. The van der Waals surface area contributed by atoms with E-state index in [9.17, 15) is 36.7 Å². The average molecular weight is 518 g/mol. The molecular formula is C28H14F4N2O4. The predicted molar refractivity (Wildman–Crippen MR) is 128 cm³/mol. The Bertz CT molecular complexity index is 1580. The molecule has 0 saturated heterocycles. The first-order valence-corrected chi connectivity index (χ1v) is 11.0. The van der Waals surface area contributed by atoms with Crippen molar-refractivity contribution in [3.05, 3.63) is 129 Å². The molecule has 0 atom stereocenters. The van der Waals surface area contributed by atoms with Crippen LogP contribution >= 0.6 is 0 Å². The Balaban J connectivity index is 1.61. The second kappa shape index (κ2) is 9.40. The SMILES string of the molecule is O=C(Nc1ccc(NC(=O)c2ccc(F)cc2F)c2c1C(=O)c1ccccc1C2=O)c1ccc(F)cc1F. The molecule has 38 heavy (non-hydrogen) atoms. The van der Waals surface area contributed by atoms with Crippen molar-refractivity contribution >= 4 is 34.8 Å². The van der Waals surface area contributed by atoms with Gasteiger partial charge in [-0.1, -0.05) is 24.3 Å². The van der Waals surface area contributed by atoms with E-state index in [2.05, 4.69) is 10.6 Å². The predicted octanol–water partition coefficient (Wildman–Crippen LogP) is 5.52. The molecule has 0 aliphatic heterocycles. The number of benzene rings is 4.